The Balaban J connectivity index is 1.45. The lowest BCUT2D eigenvalue weighted by molar-refractivity contribution is -0.130. The van der Waals surface area contributed by atoms with Crippen LogP contribution in [-0.2, 0) is 10.2 Å². The van der Waals surface area contributed by atoms with E-state index in [0.717, 1.165) is 28.8 Å². The summed E-state index contributed by atoms with van der Waals surface area (Å²) in [5.74, 6) is 0.182. The van der Waals surface area contributed by atoms with Gasteiger partial charge in [0.15, 0.2) is 0 Å². The van der Waals surface area contributed by atoms with E-state index in [1.807, 2.05) is 24.3 Å². The number of hydrogen-bond donors (Lipinski definition) is 2. The number of amides is 2. The molecule has 2 amide bonds. The van der Waals surface area contributed by atoms with Crippen LogP contribution in [0.5, 0.6) is 5.75 Å². The third-order valence-electron chi connectivity index (χ3n) is 7.14. The second kappa shape index (κ2) is 6.77. The molecule has 158 valence electrons. The first-order chi connectivity index (χ1) is 14.9. The Morgan fingerprint density at radius 2 is 1.68 bits per heavy atom. The molecular weight excluding hydrogens is 392 g/mol. The second-order valence-electron chi connectivity index (χ2n) is 8.80. The lowest BCUT2D eigenvalue weighted by atomic mass is 9.68. The Hall–Kier alpha value is -3.48. The highest BCUT2D eigenvalue weighted by atomic mass is 16.5. The summed E-state index contributed by atoms with van der Waals surface area (Å²) in [6, 6.07) is 14.4. The van der Waals surface area contributed by atoms with Crippen LogP contribution in [0.1, 0.15) is 54.4 Å². The molecule has 2 atom stereocenters. The predicted molar refractivity (Wildman–Crippen MR) is 116 cm³/mol. The minimum Gasteiger partial charge on any atom is -0.497 e. The Kier molecular flexibility index (Phi) is 4.25. The molecule has 1 aromatic heterocycles. The van der Waals surface area contributed by atoms with E-state index in [0.29, 0.717) is 17.7 Å². The van der Waals surface area contributed by atoms with Crippen LogP contribution >= 0.6 is 0 Å². The highest BCUT2D eigenvalue weighted by Crippen LogP contribution is 2.67. The van der Waals surface area contributed by atoms with Crippen molar-refractivity contribution in [1.29, 1.82) is 0 Å². The predicted octanol–water partition coefficient (Wildman–Crippen LogP) is 3.25. The zero-order chi connectivity index (χ0) is 21.8. The van der Waals surface area contributed by atoms with Crippen molar-refractivity contribution in [3.63, 3.8) is 0 Å². The molecule has 7 nitrogen and oxygen atoms in total. The molecule has 1 saturated carbocycles. The molecule has 1 fully saturated rings. The number of fused-ring (bicyclic) bond motifs is 6. The maximum atomic E-state index is 13.6. The van der Waals surface area contributed by atoms with Crippen LogP contribution in [0, 0.1) is 5.41 Å². The van der Waals surface area contributed by atoms with Gasteiger partial charge in [0, 0.05) is 11.5 Å². The van der Waals surface area contributed by atoms with Crippen LogP contribution < -0.4 is 15.6 Å². The zero-order valence-electron chi connectivity index (χ0n) is 17.7. The van der Waals surface area contributed by atoms with Crippen molar-refractivity contribution in [3.05, 3.63) is 65.5 Å². The molecule has 31 heavy (non-hydrogen) atoms. The maximum Gasteiger partial charge on any atom is 0.269 e. The number of nitrogens with zero attached hydrogens (tertiary/aromatic N) is 2. The summed E-state index contributed by atoms with van der Waals surface area (Å²) in [5.41, 5.74) is 7.75. The van der Waals surface area contributed by atoms with Gasteiger partial charge in [0.05, 0.1) is 29.5 Å². The van der Waals surface area contributed by atoms with Gasteiger partial charge in [-0.1, -0.05) is 26.0 Å². The normalized spacial score (nSPS) is 22.7. The summed E-state index contributed by atoms with van der Waals surface area (Å²) in [6.07, 6.45) is 1.54. The number of nitrogens with one attached hydrogen (secondary N) is 2. The monoisotopic (exact) mass is 416 g/mol. The maximum absolute atomic E-state index is 13.6. The van der Waals surface area contributed by atoms with E-state index in [1.54, 1.807) is 31.4 Å². The van der Waals surface area contributed by atoms with Gasteiger partial charge in [0.25, 0.3) is 11.8 Å². The van der Waals surface area contributed by atoms with Crippen molar-refractivity contribution >= 4 is 22.8 Å². The van der Waals surface area contributed by atoms with Gasteiger partial charge in [0.1, 0.15) is 11.2 Å². The summed E-state index contributed by atoms with van der Waals surface area (Å²) >= 11 is 0. The number of methoxy groups -OCH3 is 1. The number of carbonyl (C=O) groups excluding carboxylic acids is 2. The van der Waals surface area contributed by atoms with E-state index < -0.39 is 5.41 Å². The molecule has 2 bridgehead atoms. The Labute approximate surface area is 180 Å². The number of carbonyl (C=O) groups is 2. The van der Waals surface area contributed by atoms with Crippen molar-refractivity contribution in [3.8, 4) is 5.75 Å². The first-order valence-electron chi connectivity index (χ1n) is 10.4. The standard InChI is InChI=1S/C24H24N4O3/c1-23(2)16-12-13-24(23,20-19(16)25-17-6-4-5-7-18(17)26-20)22(30)28-27-21(29)14-8-10-15(31-3)11-9-14/h4-11,16H,12-13H2,1-3H3,(H,27,29)(H,28,30). The van der Waals surface area contributed by atoms with Crippen LogP contribution in [-0.4, -0.2) is 28.9 Å². The van der Waals surface area contributed by atoms with Crippen molar-refractivity contribution < 1.29 is 14.3 Å². The van der Waals surface area contributed by atoms with E-state index >= 15 is 0 Å². The van der Waals surface area contributed by atoms with Crippen molar-refractivity contribution in [2.24, 2.45) is 5.41 Å². The van der Waals surface area contributed by atoms with Crippen molar-refractivity contribution in [2.75, 3.05) is 7.11 Å². The van der Waals surface area contributed by atoms with Crippen LogP contribution in [0.25, 0.3) is 11.0 Å². The largest absolute Gasteiger partial charge is 0.497 e. The SMILES string of the molecule is COc1ccc(C(=O)NNC(=O)C23CCC(c4nc5ccccc5nc42)C3(C)C)cc1. The molecule has 0 spiro atoms. The average Bonchev–Trinajstić information content (AvgIpc) is 3.17. The number of hydrazine groups is 1. The highest BCUT2D eigenvalue weighted by molar-refractivity contribution is 5.98. The number of rotatable bonds is 3. The third-order valence-corrected chi connectivity index (χ3v) is 7.14. The number of para-hydroxylation sites is 2. The fraction of sp³-hybridized carbons (Fsp3) is 0.333. The summed E-state index contributed by atoms with van der Waals surface area (Å²) in [4.78, 5) is 35.9. The van der Waals surface area contributed by atoms with Crippen molar-refractivity contribution in [1.82, 2.24) is 20.8 Å². The van der Waals surface area contributed by atoms with E-state index in [4.69, 9.17) is 14.7 Å². The van der Waals surface area contributed by atoms with Crippen LogP contribution in [0.15, 0.2) is 48.5 Å². The summed E-state index contributed by atoms with van der Waals surface area (Å²) < 4.78 is 5.12. The first-order valence-corrected chi connectivity index (χ1v) is 10.4. The van der Waals surface area contributed by atoms with Crippen molar-refractivity contribution in [2.45, 2.75) is 38.0 Å². The highest BCUT2D eigenvalue weighted by Gasteiger charge is 2.68. The minimum absolute atomic E-state index is 0.155. The number of aromatic nitrogens is 2. The lowest BCUT2D eigenvalue weighted by Gasteiger charge is -2.36. The smallest absolute Gasteiger partial charge is 0.269 e. The molecule has 0 saturated heterocycles. The minimum atomic E-state index is -0.836. The fourth-order valence-corrected chi connectivity index (χ4v) is 5.36. The molecule has 1 heterocycles. The van der Waals surface area contributed by atoms with E-state index in [9.17, 15) is 9.59 Å². The molecule has 0 aliphatic heterocycles. The van der Waals surface area contributed by atoms with Gasteiger partial charge in [-0.2, -0.15) is 0 Å². The number of ether oxygens (including phenoxy) is 1. The Morgan fingerprint density at radius 1 is 1.00 bits per heavy atom. The lowest BCUT2D eigenvalue weighted by Crippen LogP contribution is -2.54. The van der Waals surface area contributed by atoms with Crippen LogP contribution in [0.4, 0.5) is 0 Å². The van der Waals surface area contributed by atoms with Gasteiger partial charge in [0.2, 0.25) is 0 Å². The molecule has 7 heteroatoms. The van der Waals surface area contributed by atoms with Gasteiger partial charge in [-0.3, -0.25) is 20.4 Å². The summed E-state index contributed by atoms with van der Waals surface area (Å²) in [5, 5.41) is 0. The van der Waals surface area contributed by atoms with Gasteiger partial charge in [-0.05, 0) is 54.7 Å². The number of benzene rings is 2. The number of hydrogen-bond acceptors (Lipinski definition) is 5. The molecular formula is C24H24N4O3. The van der Waals surface area contributed by atoms with Crippen LogP contribution in [0.3, 0.4) is 0 Å². The zero-order valence-corrected chi connectivity index (χ0v) is 17.7. The molecule has 5 rings (SSSR count). The molecule has 2 aliphatic carbocycles. The molecule has 2 unspecified atom stereocenters. The van der Waals surface area contributed by atoms with E-state index in [-0.39, 0.29) is 23.1 Å². The van der Waals surface area contributed by atoms with Gasteiger partial charge < -0.3 is 4.74 Å². The molecule has 0 radical (unpaired) electrons. The Morgan fingerprint density at radius 3 is 2.35 bits per heavy atom. The van der Waals surface area contributed by atoms with Crippen LogP contribution in [0.2, 0.25) is 0 Å². The second-order valence-corrected chi connectivity index (χ2v) is 8.80. The topological polar surface area (TPSA) is 93.2 Å². The van der Waals surface area contributed by atoms with E-state index in [1.165, 1.54) is 0 Å². The van der Waals surface area contributed by atoms with Gasteiger partial charge in [-0.15, -0.1) is 0 Å². The third kappa shape index (κ3) is 2.65. The quantitative estimate of drug-likeness (QED) is 0.640. The van der Waals surface area contributed by atoms with E-state index in [2.05, 4.69) is 24.7 Å². The fourth-order valence-electron chi connectivity index (χ4n) is 5.36. The summed E-state index contributed by atoms with van der Waals surface area (Å²) in [6.45, 7) is 4.20. The molecule has 2 aromatic carbocycles. The van der Waals surface area contributed by atoms with Gasteiger partial charge in [-0.25, -0.2) is 9.97 Å². The summed E-state index contributed by atoms with van der Waals surface area (Å²) in [7, 11) is 1.57. The molecule has 3 aromatic rings. The Bertz CT molecular complexity index is 1210. The molecule has 2 N–H and O–H groups in total. The molecule has 2 aliphatic rings. The van der Waals surface area contributed by atoms with Gasteiger partial charge >= 0.3 is 0 Å². The average molecular weight is 416 g/mol. The first kappa shape index (κ1) is 19.5.